The van der Waals surface area contributed by atoms with Crippen LogP contribution in [0.25, 0.3) is 0 Å². The predicted molar refractivity (Wildman–Crippen MR) is 54.4 cm³/mol. The molecule has 2 rings (SSSR count). The Labute approximate surface area is 80.4 Å². The van der Waals surface area contributed by atoms with Gasteiger partial charge in [0.15, 0.2) is 0 Å². The maximum absolute atomic E-state index is 9.09. The van der Waals surface area contributed by atoms with Gasteiger partial charge < -0.3 is 15.6 Å². The molecule has 3 N–H and O–H groups in total. The molecule has 0 amide bonds. The SMILES string of the molecule is CB(O)NCC1C[C@H]2CNC[C@H]2C1. The molecule has 0 spiro atoms. The lowest BCUT2D eigenvalue weighted by atomic mass is 9.87. The van der Waals surface area contributed by atoms with Crippen molar-refractivity contribution in [2.75, 3.05) is 19.6 Å². The Balaban J connectivity index is 1.73. The second-order valence-electron chi connectivity index (χ2n) is 4.60. The fraction of sp³-hybridized carbons (Fsp3) is 1.00. The van der Waals surface area contributed by atoms with E-state index in [9.17, 15) is 0 Å². The zero-order chi connectivity index (χ0) is 9.26. The Morgan fingerprint density at radius 3 is 2.54 bits per heavy atom. The zero-order valence-corrected chi connectivity index (χ0v) is 8.29. The highest BCUT2D eigenvalue weighted by Gasteiger charge is 2.36. The molecule has 2 aliphatic rings. The van der Waals surface area contributed by atoms with Gasteiger partial charge in [0.25, 0.3) is 0 Å². The molecule has 13 heavy (non-hydrogen) atoms. The summed E-state index contributed by atoms with van der Waals surface area (Å²) in [5, 5.41) is 15.6. The topological polar surface area (TPSA) is 44.3 Å². The van der Waals surface area contributed by atoms with Crippen molar-refractivity contribution in [1.29, 1.82) is 0 Å². The fourth-order valence-corrected chi connectivity index (χ4v) is 2.80. The maximum Gasteiger partial charge on any atom is 0.373 e. The highest BCUT2D eigenvalue weighted by molar-refractivity contribution is 6.45. The van der Waals surface area contributed by atoms with Gasteiger partial charge in [0.1, 0.15) is 0 Å². The van der Waals surface area contributed by atoms with Crippen LogP contribution in [0, 0.1) is 17.8 Å². The number of fused-ring (bicyclic) bond motifs is 1. The average Bonchev–Trinajstić information content (AvgIpc) is 2.58. The van der Waals surface area contributed by atoms with E-state index < -0.39 is 0 Å². The van der Waals surface area contributed by atoms with E-state index in [2.05, 4.69) is 10.5 Å². The molecule has 1 saturated heterocycles. The van der Waals surface area contributed by atoms with Crippen LogP contribution in [0.15, 0.2) is 0 Å². The Morgan fingerprint density at radius 1 is 1.38 bits per heavy atom. The Bertz CT molecular complexity index is 165. The second kappa shape index (κ2) is 3.99. The lowest BCUT2D eigenvalue weighted by Crippen LogP contribution is -2.34. The summed E-state index contributed by atoms with van der Waals surface area (Å²) in [6.07, 6.45) is 2.69. The summed E-state index contributed by atoms with van der Waals surface area (Å²) < 4.78 is 0. The lowest BCUT2D eigenvalue weighted by molar-refractivity contribution is 0.466. The summed E-state index contributed by atoms with van der Waals surface area (Å²) in [6, 6.07) is 0. The molecule has 0 bridgehead atoms. The van der Waals surface area contributed by atoms with Crippen LogP contribution in [-0.4, -0.2) is 31.7 Å². The molecule has 74 valence electrons. The summed E-state index contributed by atoms with van der Waals surface area (Å²) in [7, 11) is -0.349. The summed E-state index contributed by atoms with van der Waals surface area (Å²) >= 11 is 0. The molecule has 1 unspecified atom stereocenters. The third-order valence-electron chi connectivity index (χ3n) is 3.45. The summed E-state index contributed by atoms with van der Waals surface area (Å²) in [6.45, 7) is 5.22. The minimum Gasteiger partial charge on any atom is -0.437 e. The minimum absolute atomic E-state index is 0.349. The van der Waals surface area contributed by atoms with Crippen molar-refractivity contribution >= 4 is 7.05 Å². The second-order valence-corrected chi connectivity index (χ2v) is 4.60. The predicted octanol–water partition coefficient (Wildman–Crippen LogP) is -0.0681. The monoisotopic (exact) mass is 182 g/mol. The Morgan fingerprint density at radius 2 is 2.00 bits per heavy atom. The van der Waals surface area contributed by atoms with E-state index in [1.165, 1.54) is 25.9 Å². The summed E-state index contributed by atoms with van der Waals surface area (Å²) in [4.78, 5) is 0. The summed E-state index contributed by atoms with van der Waals surface area (Å²) in [5.74, 6) is 2.63. The van der Waals surface area contributed by atoms with Gasteiger partial charge in [-0.3, -0.25) is 0 Å². The van der Waals surface area contributed by atoms with Crippen LogP contribution >= 0.6 is 0 Å². The van der Waals surface area contributed by atoms with E-state index >= 15 is 0 Å². The van der Waals surface area contributed by atoms with Gasteiger partial charge in [0, 0.05) is 0 Å². The van der Waals surface area contributed by atoms with Gasteiger partial charge in [-0.15, -0.1) is 0 Å². The van der Waals surface area contributed by atoms with E-state index in [1.807, 2.05) is 0 Å². The van der Waals surface area contributed by atoms with Crippen molar-refractivity contribution in [3.8, 4) is 0 Å². The first-order chi connectivity index (χ1) is 6.25. The van der Waals surface area contributed by atoms with E-state index in [1.54, 1.807) is 6.82 Å². The van der Waals surface area contributed by atoms with Gasteiger partial charge in [0.05, 0.1) is 0 Å². The number of hydrogen-bond donors (Lipinski definition) is 3. The molecule has 0 aromatic rings. The third kappa shape index (κ3) is 2.24. The molecule has 1 aliphatic heterocycles. The molecule has 0 radical (unpaired) electrons. The molecule has 4 heteroatoms. The number of rotatable bonds is 3. The standard InChI is InChI=1S/C9H19BN2O/c1-10(13)12-4-7-2-8-5-11-6-9(8)3-7/h7-9,11-13H,2-6H2,1H3/t7?,8-,9+. The van der Waals surface area contributed by atoms with Gasteiger partial charge in [-0.2, -0.15) is 0 Å². The first kappa shape index (κ1) is 9.50. The molecule has 0 aromatic carbocycles. The normalized spacial score (nSPS) is 37.8. The molecule has 1 aliphatic carbocycles. The lowest BCUT2D eigenvalue weighted by Gasteiger charge is -2.12. The Hall–Kier alpha value is -0.0551. The third-order valence-corrected chi connectivity index (χ3v) is 3.45. The fourth-order valence-electron chi connectivity index (χ4n) is 2.80. The van der Waals surface area contributed by atoms with Crippen molar-refractivity contribution in [3.05, 3.63) is 0 Å². The molecule has 3 nitrogen and oxygen atoms in total. The molecule has 3 atom stereocenters. The largest absolute Gasteiger partial charge is 0.437 e. The molecular weight excluding hydrogens is 163 g/mol. The Kier molecular flexibility index (Phi) is 2.91. The van der Waals surface area contributed by atoms with E-state index in [0.717, 1.165) is 24.3 Å². The van der Waals surface area contributed by atoms with Crippen LogP contribution in [0.3, 0.4) is 0 Å². The zero-order valence-electron chi connectivity index (χ0n) is 8.29. The first-order valence-corrected chi connectivity index (χ1v) is 5.38. The quantitative estimate of drug-likeness (QED) is 0.535. The van der Waals surface area contributed by atoms with E-state index in [0.29, 0.717) is 0 Å². The van der Waals surface area contributed by atoms with Gasteiger partial charge >= 0.3 is 7.05 Å². The number of hydrogen-bond acceptors (Lipinski definition) is 3. The first-order valence-electron chi connectivity index (χ1n) is 5.38. The molecule has 1 heterocycles. The highest BCUT2D eigenvalue weighted by atomic mass is 16.2. The molecule has 0 aromatic heterocycles. The van der Waals surface area contributed by atoms with Crippen molar-refractivity contribution in [3.63, 3.8) is 0 Å². The van der Waals surface area contributed by atoms with E-state index in [4.69, 9.17) is 5.02 Å². The number of nitrogens with one attached hydrogen (secondary N) is 2. The minimum atomic E-state index is -0.349. The molecule has 2 fully saturated rings. The van der Waals surface area contributed by atoms with Crippen molar-refractivity contribution in [1.82, 2.24) is 10.5 Å². The van der Waals surface area contributed by atoms with Crippen molar-refractivity contribution < 1.29 is 5.02 Å². The highest BCUT2D eigenvalue weighted by Crippen LogP contribution is 2.37. The van der Waals surface area contributed by atoms with Crippen molar-refractivity contribution in [2.45, 2.75) is 19.7 Å². The van der Waals surface area contributed by atoms with Gasteiger partial charge in [-0.05, 0) is 57.1 Å². The summed E-state index contributed by atoms with van der Waals surface area (Å²) in [5.41, 5.74) is 0. The average molecular weight is 182 g/mol. The van der Waals surface area contributed by atoms with Gasteiger partial charge in [-0.25, -0.2) is 0 Å². The molecular formula is C9H19BN2O. The van der Waals surface area contributed by atoms with Crippen LogP contribution in [0.5, 0.6) is 0 Å². The van der Waals surface area contributed by atoms with Gasteiger partial charge in [-0.1, -0.05) is 0 Å². The van der Waals surface area contributed by atoms with Crippen LogP contribution in [-0.2, 0) is 0 Å². The van der Waals surface area contributed by atoms with E-state index in [-0.39, 0.29) is 7.05 Å². The van der Waals surface area contributed by atoms with Crippen LogP contribution in [0.4, 0.5) is 0 Å². The molecule has 1 saturated carbocycles. The van der Waals surface area contributed by atoms with Crippen LogP contribution in [0.1, 0.15) is 12.8 Å². The maximum atomic E-state index is 9.09. The van der Waals surface area contributed by atoms with Crippen molar-refractivity contribution in [2.24, 2.45) is 17.8 Å². The van der Waals surface area contributed by atoms with Crippen LogP contribution in [0.2, 0.25) is 6.82 Å². The van der Waals surface area contributed by atoms with Crippen LogP contribution < -0.4 is 10.5 Å². The van der Waals surface area contributed by atoms with Gasteiger partial charge in [0.2, 0.25) is 0 Å². The smallest absolute Gasteiger partial charge is 0.373 e.